The molecule has 0 saturated heterocycles. The van der Waals surface area contributed by atoms with Crippen LogP contribution < -0.4 is 0 Å². The molecule has 2 radical (unpaired) electrons. The zero-order chi connectivity index (χ0) is 10.6. The molecule has 0 bridgehead atoms. The molecule has 0 aromatic rings. The van der Waals surface area contributed by atoms with E-state index in [2.05, 4.69) is 25.4 Å². The van der Waals surface area contributed by atoms with E-state index in [4.69, 9.17) is 8.05 Å². The SMILES string of the molecule is [B]OC(=O)C(CC(C)(C)C)C(C)C. The van der Waals surface area contributed by atoms with Crippen LogP contribution in [-0.4, -0.2) is 14.0 Å². The first kappa shape index (κ1) is 12.5. The van der Waals surface area contributed by atoms with E-state index in [0.29, 0.717) is 0 Å². The molecule has 0 saturated carbocycles. The summed E-state index contributed by atoms with van der Waals surface area (Å²) in [6, 6.07) is 0. The van der Waals surface area contributed by atoms with Crippen LogP contribution in [0.15, 0.2) is 0 Å². The number of hydrogen-bond acceptors (Lipinski definition) is 2. The standard InChI is InChI=1S/C10H19BO2/c1-7(2)8(9(12)13-11)6-10(3,4)5/h7-8H,6H2,1-5H3. The Morgan fingerprint density at radius 3 is 2.08 bits per heavy atom. The van der Waals surface area contributed by atoms with E-state index in [1.54, 1.807) is 0 Å². The molecule has 0 aliphatic carbocycles. The second-order valence-electron chi connectivity index (χ2n) is 5.05. The lowest BCUT2D eigenvalue weighted by atomic mass is 9.80. The molecule has 0 aromatic heterocycles. The highest BCUT2D eigenvalue weighted by Crippen LogP contribution is 2.29. The Morgan fingerprint density at radius 2 is 1.85 bits per heavy atom. The summed E-state index contributed by atoms with van der Waals surface area (Å²) in [6.45, 7) is 10.3. The minimum absolute atomic E-state index is 0.0926. The summed E-state index contributed by atoms with van der Waals surface area (Å²) in [6.07, 6.45) is 0.806. The second-order valence-corrected chi connectivity index (χ2v) is 5.05. The van der Waals surface area contributed by atoms with Crippen molar-refractivity contribution in [3.8, 4) is 0 Å². The highest BCUT2D eigenvalue weighted by atomic mass is 16.5. The fraction of sp³-hybridized carbons (Fsp3) is 0.900. The summed E-state index contributed by atoms with van der Waals surface area (Å²) < 4.78 is 4.28. The van der Waals surface area contributed by atoms with Gasteiger partial charge in [-0.3, -0.25) is 4.79 Å². The normalized spacial score (nSPS) is 14.3. The first-order chi connectivity index (χ1) is 5.78. The molecule has 1 atom stereocenters. The van der Waals surface area contributed by atoms with Crippen molar-refractivity contribution in [2.45, 2.75) is 41.0 Å². The number of hydrogen-bond donors (Lipinski definition) is 0. The minimum atomic E-state index is -0.301. The molecule has 3 heteroatoms. The number of rotatable bonds is 3. The lowest BCUT2D eigenvalue weighted by Gasteiger charge is -2.26. The van der Waals surface area contributed by atoms with Gasteiger partial charge < -0.3 is 4.65 Å². The second kappa shape index (κ2) is 4.68. The summed E-state index contributed by atoms with van der Waals surface area (Å²) in [5.74, 6) is -0.120. The quantitative estimate of drug-likeness (QED) is 0.626. The van der Waals surface area contributed by atoms with Crippen LogP contribution in [0.1, 0.15) is 41.0 Å². The molecular weight excluding hydrogens is 163 g/mol. The zero-order valence-electron chi connectivity index (χ0n) is 9.26. The van der Waals surface area contributed by atoms with E-state index < -0.39 is 0 Å². The van der Waals surface area contributed by atoms with Crippen molar-refractivity contribution < 1.29 is 9.45 Å². The fourth-order valence-electron chi connectivity index (χ4n) is 1.34. The van der Waals surface area contributed by atoms with Gasteiger partial charge in [0.1, 0.15) is 0 Å². The summed E-state index contributed by atoms with van der Waals surface area (Å²) in [5.41, 5.74) is 0.128. The van der Waals surface area contributed by atoms with Gasteiger partial charge in [-0.25, -0.2) is 0 Å². The van der Waals surface area contributed by atoms with Crippen LogP contribution in [0.5, 0.6) is 0 Å². The van der Waals surface area contributed by atoms with Crippen molar-refractivity contribution >= 4 is 14.0 Å². The molecule has 0 N–H and O–H groups in total. The molecule has 0 rings (SSSR count). The maximum atomic E-state index is 11.3. The van der Waals surface area contributed by atoms with Crippen molar-refractivity contribution in [2.24, 2.45) is 17.3 Å². The molecular formula is C10H19BO2. The predicted molar refractivity (Wildman–Crippen MR) is 54.2 cm³/mol. The maximum absolute atomic E-state index is 11.3. The van der Waals surface area contributed by atoms with Crippen molar-refractivity contribution in [3.05, 3.63) is 0 Å². The molecule has 74 valence electrons. The highest BCUT2D eigenvalue weighted by molar-refractivity contribution is 6.05. The lowest BCUT2D eigenvalue weighted by molar-refractivity contribution is -0.141. The molecule has 0 aliphatic heterocycles. The average Bonchev–Trinajstić information content (AvgIpc) is 1.96. The molecule has 0 fully saturated rings. The largest absolute Gasteiger partial charge is 0.543 e. The monoisotopic (exact) mass is 182 g/mol. The third-order valence-electron chi connectivity index (χ3n) is 2.06. The highest BCUT2D eigenvalue weighted by Gasteiger charge is 2.27. The Morgan fingerprint density at radius 1 is 1.38 bits per heavy atom. The molecule has 0 spiro atoms. The number of carbonyl (C=O) groups excluding carboxylic acids is 1. The van der Waals surface area contributed by atoms with Crippen LogP contribution in [0.25, 0.3) is 0 Å². The zero-order valence-corrected chi connectivity index (χ0v) is 9.26. The molecule has 0 heterocycles. The van der Waals surface area contributed by atoms with Gasteiger partial charge in [-0.05, 0) is 17.8 Å². The fourth-order valence-corrected chi connectivity index (χ4v) is 1.34. The van der Waals surface area contributed by atoms with E-state index in [-0.39, 0.29) is 23.2 Å². The summed E-state index contributed by atoms with van der Waals surface area (Å²) in [5, 5.41) is 0. The Kier molecular flexibility index (Phi) is 4.51. The molecule has 0 amide bonds. The first-order valence-corrected chi connectivity index (χ1v) is 4.68. The van der Waals surface area contributed by atoms with Crippen LogP contribution in [0, 0.1) is 17.3 Å². The molecule has 0 aliphatic rings. The predicted octanol–water partition coefficient (Wildman–Crippen LogP) is 2.32. The Labute approximate surface area is 82.5 Å². The van der Waals surface area contributed by atoms with Crippen molar-refractivity contribution in [1.29, 1.82) is 0 Å². The van der Waals surface area contributed by atoms with Crippen molar-refractivity contribution in [3.63, 3.8) is 0 Å². The van der Waals surface area contributed by atoms with Crippen molar-refractivity contribution in [1.82, 2.24) is 0 Å². The maximum Gasteiger partial charge on any atom is 0.378 e. The van der Waals surface area contributed by atoms with Gasteiger partial charge in [-0.15, -0.1) is 0 Å². The smallest absolute Gasteiger partial charge is 0.378 e. The van der Waals surface area contributed by atoms with Crippen molar-refractivity contribution in [2.75, 3.05) is 0 Å². The Bertz CT molecular complexity index is 170. The summed E-state index contributed by atoms with van der Waals surface area (Å²) in [7, 11) is 4.88. The van der Waals surface area contributed by atoms with Gasteiger partial charge in [0.2, 0.25) is 0 Å². The summed E-state index contributed by atoms with van der Waals surface area (Å²) >= 11 is 0. The summed E-state index contributed by atoms with van der Waals surface area (Å²) in [4.78, 5) is 11.3. The van der Waals surface area contributed by atoms with Gasteiger partial charge in [-0.1, -0.05) is 34.6 Å². The van der Waals surface area contributed by atoms with Gasteiger partial charge in [0.05, 0.1) is 5.92 Å². The average molecular weight is 182 g/mol. The van der Waals surface area contributed by atoms with Crippen LogP contribution >= 0.6 is 0 Å². The molecule has 0 aromatic carbocycles. The molecule has 13 heavy (non-hydrogen) atoms. The lowest BCUT2D eigenvalue weighted by Crippen LogP contribution is -2.26. The first-order valence-electron chi connectivity index (χ1n) is 4.68. The van der Waals surface area contributed by atoms with Crippen LogP contribution in [0.2, 0.25) is 0 Å². The third-order valence-corrected chi connectivity index (χ3v) is 2.06. The van der Waals surface area contributed by atoms with Crippen LogP contribution in [0.4, 0.5) is 0 Å². The van der Waals surface area contributed by atoms with Gasteiger partial charge in [0.25, 0.3) is 5.97 Å². The van der Waals surface area contributed by atoms with Gasteiger partial charge in [0.15, 0.2) is 0 Å². The Hall–Kier alpha value is -0.465. The van der Waals surface area contributed by atoms with E-state index in [1.165, 1.54) is 0 Å². The third kappa shape index (κ3) is 4.96. The molecule has 2 nitrogen and oxygen atoms in total. The van der Waals surface area contributed by atoms with Crippen LogP contribution in [0.3, 0.4) is 0 Å². The molecule has 1 unspecified atom stereocenters. The van der Waals surface area contributed by atoms with E-state index in [9.17, 15) is 4.79 Å². The van der Waals surface area contributed by atoms with Gasteiger partial charge in [-0.2, -0.15) is 0 Å². The minimum Gasteiger partial charge on any atom is -0.543 e. The van der Waals surface area contributed by atoms with Crippen LogP contribution in [-0.2, 0) is 9.45 Å². The van der Waals surface area contributed by atoms with Gasteiger partial charge >= 0.3 is 8.05 Å². The Balaban J connectivity index is 4.36. The van der Waals surface area contributed by atoms with Gasteiger partial charge in [0, 0.05) is 0 Å². The van der Waals surface area contributed by atoms with E-state index >= 15 is 0 Å². The number of carbonyl (C=O) groups is 1. The topological polar surface area (TPSA) is 26.3 Å². The van der Waals surface area contributed by atoms with E-state index in [1.807, 2.05) is 13.8 Å². The van der Waals surface area contributed by atoms with E-state index in [0.717, 1.165) is 6.42 Å².